The number of sulfonamides is 1. The van der Waals surface area contributed by atoms with Gasteiger partial charge < -0.3 is 11.1 Å². The zero-order valence-electron chi connectivity index (χ0n) is 16.2. The number of anilines is 1. The number of aromatic amines is 1. The third-order valence-corrected chi connectivity index (χ3v) is 7.71. The Hall–Kier alpha value is -2.72. The highest BCUT2D eigenvalue weighted by Gasteiger charge is 2.40. The van der Waals surface area contributed by atoms with E-state index in [1.807, 2.05) is 0 Å². The molecule has 1 atom stereocenters. The summed E-state index contributed by atoms with van der Waals surface area (Å²) in [5.74, 6) is -0.942. The Kier molecular flexibility index (Phi) is 4.50. The van der Waals surface area contributed by atoms with E-state index in [0.717, 1.165) is 6.42 Å². The first-order valence-electron chi connectivity index (χ1n) is 9.41. The van der Waals surface area contributed by atoms with Crippen LogP contribution in [0.1, 0.15) is 54.2 Å². The van der Waals surface area contributed by atoms with Crippen molar-refractivity contribution in [3.05, 3.63) is 41.2 Å². The fourth-order valence-electron chi connectivity index (χ4n) is 4.06. The van der Waals surface area contributed by atoms with Gasteiger partial charge in [-0.25, -0.2) is 8.42 Å². The largest absolute Gasteiger partial charge is 0.365 e. The molecule has 0 radical (unpaired) electrons. The topological polar surface area (TPSA) is 138 Å². The standard InChI is InChI=1S/C19H23N5O4S/c1-19(2)14-8-12(5-6-15(14)22-18(19)26)29(27,28)24-7-3-4-11(10-24)16-13(17(20)25)9-21-23-16/h5-6,8-9,11H,3-4,7,10H2,1-2H3,(H2,20,25)(H,21,23)(H,22,26). The first-order valence-corrected chi connectivity index (χ1v) is 10.9. The minimum atomic E-state index is -3.76. The zero-order chi connectivity index (χ0) is 21.0. The van der Waals surface area contributed by atoms with Crippen molar-refractivity contribution >= 4 is 27.5 Å². The predicted molar refractivity (Wildman–Crippen MR) is 106 cm³/mol. The van der Waals surface area contributed by atoms with Crippen molar-refractivity contribution in [3.63, 3.8) is 0 Å². The Morgan fingerprint density at radius 3 is 2.83 bits per heavy atom. The van der Waals surface area contributed by atoms with Crippen LogP contribution in [0.5, 0.6) is 0 Å². The number of H-pyrrole nitrogens is 1. The van der Waals surface area contributed by atoms with Gasteiger partial charge in [0.05, 0.1) is 27.8 Å². The van der Waals surface area contributed by atoms with Gasteiger partial charge in [-0.2, -0.15) is 9.40 Å². The second-order valence-electron chi connectivity index (χ2n) is 8.05. The predicted octanol–water partition coefficient (Wildman–Crippen LogP) is 1.31. The lowest BCUT2D eigenvalue weighted by Gasteiger charge is -2.32. The molecule has 2 amide bonds. The van der Waals surface area contributed by atoms with Crippen LogP contribution in [0, 0.1) is 0 Å². The molecule has 9 nitrogen and oxygen atoms in total. The van der Waals surface area contributed by atoms with Crippen LogP contribution < -0.4 is 11.1 Å². The van der Waals surface area contributed by atoms with Crippen molar-refractivity contribution in [3.8, 4) is 0 Å². The van der Waals surface area contributed by atoms with E-state index in [1.54, 1.807) is 26.0 Å². The smallest absolute Gasteiger partial charge is 0.252 e. The van der Waals surface area contributed by atoms with Crippen molar-refractivity contribution in [1.82, 2.24) is 14.5 Å². The summed E-state index contributed by atoms with van der Waals surface area (Å²) in [6.07, 6.45) is 2.75. The monoisotopic (exact) mass is 417 g/mol. The molecular weight excluding hydrogens is 394 g/mol. The van der Waals surface area contributed by atoms with E-state index in [0.29, 0.717) is 29.9 Å². The number of carbonyl (C=O) groups is 2. The third-order valence-electron chi connectivity index (χ3n) is 5.84. The average Bonchev–Trinajstić information content (AvgIpc) is 3.25. The first kappa shape index (κ1) is 19.6. The Morgan fingerprint density at radius 1 is 1.34 bits per heavy atom. The molecular formula is C19H23N5O4S. The van der Waals surface area contributed by atoms with Crippen molar-refractivity contribution in [2.24, 2.45) is 5.73 Å². The maximum Gasteiger partial charge on any atom is 0.252 e. The number of piperidine rings is 1. The van der Waals surface area contributed by atoms with Gasteiger partial charge in [0.25, 0.3) is 5.91 Å². The number of rotatable bonds is 4. The van der Waals surface area contributed by atoms with Crippen molar-refractivity contribution in [2.75, 3.05) is 18.4 Å². The fourth-order valence-corrected chi connectivity index (χ4v) is 5.61. The highest BCUT2D eigenvalue weighted by atomic mass is 32.2. The summed E-state index contributed by atoms with van der Waals surface area (Å²) in [4.78, 5) is 23.9. The quantitative estimate of drug-likeness (QED) is 0.688. The highest BCUT2D eigenvalue weighted by molar-refractivity contribution is 7.89. The lowest BCUT2D eigenvalue weighted by molar-refractivity contribution is -0.119. The maximum absolute atomic E-state index is 13.3. The molecule has 29 heavy (non-hydrogen) atoms. The Labute approximate surface area is 168 Å². The SMILES string of the molecule is CC1(C)C(=O)Nc2ccc(S(=O)(=O)N3CCCC(c4[nH]ncc4C(N)=O)C3)cc21. The van der Waals surface area contributed by atoms with Crippen LogP contribution in [0.2, 0.25) is 0 Å². The molecule has 0 bridgehead atoms. The second-order valence-corrected chi connectivity index (χ2v) is 9.99. The normalized spacial score (nSPS) is 21.6. The number of nitrogens with zero attached hydrogens (tertiary/aromatic N) is 2. The van der Waals surface area contributed by atoms with Crippen LogP contribution in [0.3, 0.4) is 0 Å². The number of primary amides is 1. The van der Waals surface area contributed by atoms with Crippen LogP contribution >= 0.6 is 0 Å². The lowest BCUT2D eigenvalue weighted by atomic mass is 9.86. The average molecular weight is 417 g/mol. The van der Waals surface area contributed by atoms with Crippen LogP contribution in [-0.2, 0) is 20.2 Å². The number of aromatic nitrogens is 2. The molecule has 1 aromatic heterocycles. The summed E-state index contributed by atoms with van der Waals surface area (Å²) in [5, 5.41) is 9.48. The van der Waals surface area contributed by atoms with E-state index in [4.69, 9.17) is 5.73 Å². The molecule has 2 aliphatic heterocycles. The summed E-state index contributed by atoms with van der Waals surface area (Å²) in [6, 6.07) is 4.73. The van der Waals surface area contributed by atoms with E-state index in [2.05, 4.69) is 15.5 Å². The Morgan fingerprint density at radius 2 is 2.10 bits per heavy atom. The minimum Gasteiger partial charge on any atom is -0.365 e. The van der Waals surface area contributed by atoms with Gasteiger partial charge in [0, 0.05) is 24.7 Å². The molecule has 2 aromatic rings. The van der Waals surface area contributed by atoms with Gasteiger partial charge in [-0.05, 0) is 50.5 Å². The van der Waals surface area contributed by atoms with Gasteiger partial charge in [-0.15, -0.1) is 0 Å². The number of hydrogen-bond donors (Lipinski definition) is 3. The van der Waals surface area contributed by atoms with E-state index in [9.17, 15) is 18.0 Å². The number of carbonyl (C=O) groups excluding carboxylic acids is 2. The number of benzene rings is 1. The summed E-state index contributed by atoms with van der Waals surface area (Å²) < 4.78 is 28.1. The van der Waals surface area contributed by atoms with E-state index < -0.39 is 21.3 Å². The highest BCUT2D eigenvalue weighted by Crippen LogP contribution is 2.39. The molecule has 0 aliphatic carbocycles. The van der Waals surface area contributed by atoms with Gasteiger partial charge in [0.1, 0.15) is 0 Å². The van der Waals surface area contributed by atoms with Gasteiger partial charge in [-0.3, -0.25) is 14.7 Å². The van der Waals surface area contributed by atoms with Crippen molar-refractivity contribution in [2.45, 2.75) is 42.9 Å². The molecule has 1 fully saturated rings. The van der Waals surface area contributed by atoms with E-state index >= 15 is 0 Å². The van der Waals surface area contributed by atoms with Gasteiger partial charge >= 0.3 is 0 Å². The molecule has 1 unspecified atom stereocenters. The van der Waals surface area contributed by atoms with Gasteiger partial charge in [0.2, 0.25) is 15.9 Å². The molecule has 2 aliphatic rings. The summed E-state index contributed by atoms with van der Waals surface area (Å²) in [6.45, 7) is 4.15. The summed E-state index contributed by atoms with van der Waals surface area (Å²) in [5.41, 5.74) is 6.78. The molecule has 4 N–H and O–H groups in total. The first-order chi connectivity index (χ1) is 13.6. The van der Waals surface area contributed by atoms with Crippen LogP contribution in [-0.4, -0.2) is 47.8 Å². The molecule has 1 saturated heterocycles. The number of nitrogens with one attached hydrogen (secondary N) is 2. The third kappa shape index (κ3) is 3.12. The number of nitrogens with two attached hydrogens (primary N) is 1. The van der Waals surface area contributed by atoms with Crippen molar-refractivity contribution in [1.29, 1.82) is 0 Å². The zero-order valence-corrected chi connectivity index (χ0v) is 17.0. The summed E-state index contributed by atoms with van der Waals surface area (Å²) in [7, 11) is -3.76. The Balaban J connectivity index is 1.65. The molecule has 0 saturated carbocycles. The molecule has 4 rings (SSSR count). The van der Waals surface area contributed by atoms with Gasteiger partial charge in [0.15, 0.2) is 0 Å². The number of hydrogen-bond acceptors (Lipinski definition) is 5. The molecule has 3 heterocycles. The lowest BCUT2D eigenvalue weighted by Crippen LogP contribution is -2.39. The van der Waals surface area contributed by atoms with Crippen molar-refractivity contribution < 1.29 is 18.0 Å². The minimum absolute atomic E-state index is 0.154. The van der Waals surface area contributed by atoms with Gasteiger partial charge in [-0.1, -0.05) is 0 Å². The molecule has 10 heteroatoms. The van der Waals surface area contributed by atoms with E-state index in [-0.39, 0.29) is 28.8 Å². The maximum atomic E-state index is 13.3. The van der Waals surface area contributed by atoms with Crippen LogP contribution in [0.15, 0.2) is 29.3 Å². The number of amides is 2. The summed E-state index contributed by atoms with van der Waals surface area (Å²) >= 11 is 0. The molecule has 0 spiro atoms. The molecule has 154 valence electrons. The second kappa shape index (κ2) is 6.67. The van der Waals surface area contributed by atoms with Crippen LogP contribution in [0.25, 0.3) is 0 Å². The Bertz CT molecular complexity index is 1110. The van der Waals surface area contributed by atoms with Crippen LogP contribution in [0.4, 0.5) is 5.69 Å². The fraction of sp³-hybridized carbons (Fsp3) is 0.421. The number of fused-ring (bicyclic) bond motifs is 1. The molecule has 1 aromatic carbocycles. The van der Waals surface area contributed by atoms with E-state index in [1.165, 1.54) is 16.6 Å².